The molecule has 10 heavy (non-hydrogen) atoms. The minimum Gasteiger partial charge on any atom is -0.378 e. The van der Waals surface area contributed by atoms with E-state index in [2.05, 4.69) is 9.69 Å². The summed E-state index contributed by atoms with van der Waals surface area (Å²) in [6, 6.07) is 0. The van der Waals surface area contributed by atoms with Gasteiger partial charge in [0.05, 0.1) is 5.69 Å². The summed E-state index contributed by atoms with van der Waals surface area (Å²) < 4.78 is 4.16. The van der Waals surface area contributed by atoms with Gasteiger partial charge in [-0.1, -0.05) is 0 Å². The van der Waals surface area contributed by atoms with Crippen molar-refractivity contribution in [1.82, 2.24) is 4.37 Å². The lowest BCUT2D eigenvalue weighted by Crippen LogP contribution is -2.00. The van der Waals surface area contributed by atoms with Crippen molar-refractivity contribution in [3.63, 3.8) is 0 Å². The average molecular weight is 157 g/mol. The van der Waals surface area contributed by atoms with Crippen molar-refractivity contribution >= 4 is 16.5 Å². The summed E-state index contributed by atoms with van der Waals surface area (Å²) in [7, 11) is 1.88. The number of nitrogens with zero attached hydrogens (tertiary/aromatic N) is 1. The maximum absolute atomic E-state index is 5.50. The molecule has 4 heteroatoms. The molecule has 0 bridgehead atoms. The summed E-state index contributed by atoms with van der Waals surface area (Å²) in [6.45, 7) is 2.54. The predicted molar refractivity (Wildman–Crippen MR) is 44.3 cm³/mol. The van der Waals surface area contributed by atoms with Gasteiger partial charge < -0.3 is 11.1 Å². The molecular weight excluding hydrogens is 146 g/mol. The van der Waals surface area contributed by atoms with E-state index in [0.717, 1.165) is 16.3 Å². The van der Waals surface area contributed by atoms with Gasteiger partial charge in [0, 0.05) is 19.2 Å². The Kier molecular flexibility index (Phi) is 2.24. The highest BCUT2D eigenvalue weighted by Gasteiger charge is 2.05. The smallest absolute Gasteiger partial charge is 0.113 e. The first-order valence-electron chi connectivity index (χ1n) is 3.12. The van der Waals surface area contributed by atoms with Crippen LogP contribution in [0, 0.1) is 6.92 Å². The van der Waals surface area contributed by atoms with E-state index in [1.165, 1.54) is 11.5 Å². The topological polar surface area (TPSA) is 50.9 Å². The van der Waals surface area contributed by atoms with E-state index in [0.29, 0.717) is 6.54 Å². The molecule has 0 fully saturated rings. The van der Waals surface area contributed by atoms with Crippen LogP contribution in [0.1, 0.15) is 11.3 Å². The Bertz CT molecular complexity index is 219. The Labute approximate surface area is 64.4 Å². The fraction of sp³-hybridized carbons (Fsp3) is 0.500. The minimum atomic E-state index is 0.568. The van der Waals surface area contributed by atoms with Crippen molar-refractivity contribution in [2.75, 3.05) is 12.4 Å². The number of aryl methyl sites for hydroxylation is 1. The molecule has 0 saturated carbocycles. The van der Waals surface area contributed by atoms with Crippen LogP contribution in [-0.4, -0.2) is 11.4 Å². The number of hydrogen-bond acceptors (Lipinski definition) is 4. The van der Waals surface area contributed by atoms with E-state index in [4.69, 9.17) is 5.73 Å². The highest BCUT2D eigenvalue weighted by Crippen LogP contribution is 2.22. The number of nitrogens with two attached hydrogens (primary N) is 1. The summed E-state index contributed by atoms with van der Waals surface area (Å²) in [5, 5.41) is 4.13. The lowest BCUT2D eigenvalue weighted by Gasteiger charge is -1.97. The van der Waals surface area contributed by atoms with Crippen LogP contribution in [0.3, 0.4) is 0 Å². The lowest BCUT2D eigenvalue weighted by molar-refractivity contribution is 1.05. The molecule has 0 saturated heterocycles. The number of anilines is 1. The van der Waals surface area contributed by atoms with Crippen LogP contribution < -0.4 is 11.1 Å². The van der Waals surface area contributed by atoms with Gasteiger partial charge in [0.15, 0.2) is 0 Å². The van der Waals surface area contributed by atoms with E-state index >= 15 is 0 Å². The third-order valence-corrected chi connectivity index (χ3v) is 2.41. The van der Waals surface area contributed by atoms with Gasteiger partial charge in [-0.2, -0.15) is 4.37 Å². The molecule has 0 aliphatic rings. The number of rotatable bonds is 2. The first-order valence-corrected chi connectivity index (χ1v) is 3.90. The third-order valence-electron chi connectivity index (χ3n) is 1.42. The first-order chi connectivity index (χ1) is 4.79. The third kappa shape index (κ3) is 1.12. The second kappa shape index (κ2) is 2.98. The van der Waals surface area contributed by atoms with Gasteiger partial charge in [-0.3, -0.25) is 0 Å². The Hall–Kier alpha value is -0.610. The molecule has 3 N–H and O–H groups in total. The van der Waals surface area contributed by atoms with Crippen LogP contribution in [0.25, 0.3) is 0 Å². The highest BCUT2D eigenvalue weighted by atomic mass is 32.1. The second-order valence-corrected chi connectivity index (χ2v) is 2.80. The fourth-order valence-electron chi connectivity index (χ4n) is 0.826. The Morgan fingerprint density at radius 2 is 2.40 bits per heavy atom. The van der Waals surface area contributed by atoms with Crippen molar-refractivity contribution < 1.29 is 0 Å². The molecule has 0 atom stereocenters. The van der Waals surface area contributed by atoms with Crippen LogP contribution in [-0.2, 0) is 6.54 Å². The normalized spacial score (nSPS) is 9.90. The Morgan fingerprint density at radius 3 is 2.80 bits per heavy atom. The van der Waals surface area contributed by atoms with Crippen molar-refractivity contribution in [1.29, 1.82) is 0 Å². The van der Waals surface area contributed by atoms with Crippen LogP contribution in [0.2, 0.25) is 0 Å². The zero-order chi connectivity index (χ0) is 7.56. The van der Waals surface area contributed by atoms with Crippen LogP contribution >= 0.6 is 11.5 Å². The zero-order valence-electron chi connectivity index (χ0n) is 6.14. The highest BCUT2D eigenvalue weighted by molar-refractivity contribution is 7.10. The molecule has 1 aromatic heterocycles. The number of aromatic nitrogens is 1. The van der Waals surface area contributed by atoms with Gasteiger partial charge >= 0.3 is 0 Å². The molecule has 0 radical (unpaired) electrons. The average Bonchev–Trinajstić information content (AvgIpc) is 2.30. The predicted octanol–water partition coefficient (Wildman–Crippen LogP) is 0.952. The molecule has 1 rings (SSSR count). The van der Waals surface area contributed by atoms with Crippen LogP contribution in [0.5, 0.6) is 0 Å². The summed E-state index contributed by atoms with van der Waals surface area (Å²) in [4.78, 5) is 0. The van der Waals surface area contributed by atoms with E-state index < -0.39 is 0 Å². The fourth-order valence-corrected chi connectivity index (χ4v) is 1.60. The minimum absolute atomic E-state index is 0.568. The molecule has 0 spiro atoms. The van der Waals surface area contributed by atoms with Crippen LogP contribution in [0.15, 0.2) is 0 Å². The van der Waals surface area contributed by atoms with Gasteiger partial charge in [0.25, 0.3) is 0 Å². The quantitative estimate of drug-likeness (QED) is 0.672. The van der Waals surface area contributed by atoms with E-state index in [9.17, 15) is 0 Å². The second-order valence-electron chi connectivity index (χ2n) is 2.03. The summed E-state index contributed by atoms with van der Waals surface area (Å²) in [5.41, 5.74) is 7.67. The number of nitrogens with one attached hydrogen (secondary N) is 1. The van der Waals surface area contributed by atoms with Crippen molar-refractivity contribution in [3.8, 4) is 0 Å². The van der Waals surface area contributed by atoms with Crippen LogP contribution in [0.4, 0.5) is 5.00 Å². The number of hydrogen-bond donors (Lipinski definition) is 2. The van der Waals surface area contributed by atoms with Gasteiger partial charge in [-0.15, -0.1) is 0 Å². The summed E-state index contributed by atoms with van der Waals surface area (Å²) >= 11 is 1.46. The largest absolute Gasteiger partial charge is 0.378 e. The van der Waals surface area contributed by atoms with E-state index in [1.807, 2.05) is 14.0 Å². The molecule has 1 heterocycles. The zero-order valence-corrected chi connectivity index (χ0v) is 6.96. The Balaban J connectivity index is 3.01. The standard InChI is InChI=1S/C6H11N3S/c1-4-5(3-7)6(8-2)10-9-4/h8H,3,7H2,1-2H3. The Morgan fingerprint density at radius 1 is 1.70 bits per heavy atom. The molecule has 1 aromatic rings. The van der Waals surface area contributed by atoms with E-state index in [-0.39, 0.29) is 0 Å². The van der Waals surface area contributed by atoms with Gasteiger partial charge in [-0.05, 0) is 18.5 Å². The molecular formula is C6H11N3S. The monoisotopic (exact) mass is 157 g/mol. The maximum Gasteiger partial charge on any atom is 0.113 e. The van der Waals surface area contributed by atoms with Crippen molar-refractivity contribution in [3.05, 3.63) is 11.3 Å². The molecule has 0 unspecified atom stereocenters. The first kappa shape index (κ1) is 7.50. The SMILES string of the molecule is CNc1snc(C)c1CN. The lowest BCUT2D eigenvalue weighted by atomic mass is 10.2. The summed E-state index contributed by atoms with van der Waals surface area (Å²) in [5.74, 6) is 0. The van der Waals surface area contributed by atoms with Gasteiger partial charge in [0.2, 0.25) is 0 Å². The van der Waals surface area contributed by atoms with Crippen molar-refractivity contribution in [2.45, 2.75) is 13.5 Å². The molecule has 0 aliphatic carbocycles. The molecule has 56 valence electrons. The molecule has 3 nitrogen and oxygen atoms in total. The van der Waals surface area contributed by atoms with Gasteiger partial charge in [-0.25, -0.2) is 0 Å². The maximum atomic E-state index is 5.50. The van der Waals surface area contributed by atoms with Crippen molar-refractivity contribution in [2.24, 2.45) is 5.73 Å². The summed E-state index contributed by atoms with van der Waals surface area (Å²) in [6.07, 6.45) is 0. The molecule has 0 amide bonds. The molecule has 0 aromatic carbocycles. The molecule has 0 aliphatic heterocycles. The van der Waals surface area contributed by atoms with Gasteiger partial charge in [0.1, 0.15) is 5.00 Å². The van der Waals surface area contributed by atoms with E-state index in [1.54, 1.807) is 0 Å².